The van der Waals surface area contributed by atoms with Crippen molar-refractivity contribution in [1.29, 1.82) is 0 Å². The molecule has 0 radical (unpaired) electrons. The fraction of sp³-hybridized carbons (Fsp3) is 0.875. The number of likely N-dealkylation sites (tertiary alicyclic amines) is 1. The van der Waals surface area contributed by atoms with Crippen molar-refractivity contribution >= 4 is 21.9 Å². The molecule has 2 atom stereocenters. The summed E-state index contributed by atoms with van der Waals surface area (Å²) in [6.45, 7) is 7.11. The normalized spacial score (nSPS) is 25.4. The molecule has 1 unspecified atom stereocenters. The minimum absolute atomic E-state index is 0.0628. The number of hydrogen-bond donors (Lipinski definition) is 2. The third-order valence-electron chi connectivity index (χ3n) is 4.74. The van der Waals surface area contributed by atoms with E-state index in [1.807, 2.05) is 18.7 Å². The first-order chi connectivity index (χ1) is 11.8. The molecule has 0 spiro atoms. The second-order valence-electron chi connectivity index (χ2n) is 6.71. The number of rotatable bonds is 6. The first kappa shape index (κ1) is 20.0. The van der Waals surface area contributed by atoms with Crippen molar-refractivity contribution < 1.29 is 13.2 Å². The highest BCUT2D eigenvalue weighted by molar-refractivity contribution is 7.88. The van der Waals surface area contributed by atoms with Gasteiger partial charge in [-0.3, -0.25) is 9.79 Å². The van der Waals surface area contributed by atoms with Gasteiger partial charge in [0.15, 0.2) is 5.96 Å². The van der Waals surface area contributed by atoms with Gasteiger partial charge in [-0.05, 0) is 26.2 Å². The van der Waals surface area contributed by atoms with Crippen LogP contribution >= 0.6 is 0 Å². The largest absolute Gasteiger partial charge is 0.357 e. The van der Waals surface area contributed by atoms with E-state index in [0.29, 0.717) is 32.0 Å². The lowest BCUT2D eigenvalue weighted by molar-refractivity contribution is -0.129. The van der Waals surface area contributed by atoms with Crippen LogP contribution < -0.4 is 10.6 Å². The number of carbonyl (C=O) groups excluding carboxylic acids is 1. The number of hydrogen-bond acceptors (Lipinski definition) is 4. The van der Waals surface area contributed by atoms with E-state index in [4.69, 9.17) is 0 Å². The van der Waals surface area contributed by atoms with Crippen molar-refractivity contribution in [3.63, 3.8) is 0 Å². The predicted molar refractivity (Wildman–Crippen MR) is 99.0 cm³/mol. The van der Waals surface area contributed by atoms with Crippen LogP contribution in [-0.2, 0) is 14.8 Å². The molecule has 0 aromatic heterocycles. The molecule has 2 rings (SSSR count). The summed E-state index contributed by atoms with van der Waals surface area (Å²) in [5, 5.41) is 6.59. The summed E-state index contributed by atoms with van der Waals surface area (Å²) >= 11 is 0. The molecular weight excluding hydrogens is 342 g/mol. The third-order valence-corrected chi connectivity index (χ3v) is 6.07. The average molecular weight is 374 g/mol. The van der Waals surface area contributed by atoms with Gasteiger partial charge >= 0.3 is 0 Å². The molecular formula is C16H31N5O3S. The maximum absolute atomic E-state index is 11.8. The molecule has 2 aliphatic heterocycles. The van der Waals surface area contributed by atoms with E-state index in [-0.39, 0.29) is 18.0 Å². The number of nitrogens with zero attached hydrogens (tertiary/aromatic N) is 3. The van der Waals surface area contributed by atoms with E-state index in [2.05, 4.69) is 15.6 Å². The van der Waals surface area contributed by atoms with Crippen LogP contribution in [0.1, 0.15) is 39.5 Å². The number of amides is 1. The molecule has 25 heavy (non-hydrogen) atoms. The van der Waals surface area contributed by atoms with E-state index in [0.717, 1.165) is 32.4 Å². The van der Waals surface area contributed by atoms with Gasteiger partial charge in [-0.15, -0.1) is 0 Å². The van der Waals surface area contributed by atoms with Crippen LogP contribution in [0.2, 0.25) is 0 Å². The third kappa shape index (κ3) is 5.57. The monoisotopic (exact) mass is 373 g/mol. The van der Waals surface area contributed by atoms with Crippen LogP contribution in [0, 0.1) is 0 Å². The molecule has 0 saturated carbocycles. The molecule has 2 aliphatic rings. The summed E-state index contributed by atoms with van der Waals surface area (Å²) in [6, 6.07) is 0.120. The Kier molecular flexibility index (Phi) is 7.06. The van der Waals surface area contributed by atoms with Crippen molar-refractivity contribution in [3.05, 3.63) is 0 Å². The predicted octanol–water partition coefficient (Wildman–Crippen LogP) is -0.0236. The van der Waals surface area contributed by atoms with E-state index < -0.39 is 10.0 Å². The number of guanidine groups is 1. The lowest BCUT2D eigenvalue weighted by Crippen LogP contribution is -2.46. The Morgan fingerprint density at radius 3 is 2.64 bits per heavy atom. The van der Waals surface area contributed by atoms with E-state index in [1.165, 1.54) is 6.26 Å². The minimum Gasteiger partial charge on any atom is -0.357 e. The first-order valence-corrected chi connectivity index (χ1v) is 11.0. The zero-order valence-electron chi connectivity index (χ0n) is 15.5. The van der Waals surface area contributed by atoms with Crippen LogP contribution in [0.3, 0.4) is 0 Å². The Morgan fingerprint density at radius 1 is 1.24 bits per heavy atom. The molecule has 9 heteroatoms. The van der Waals surface area contributed by atoms with Gasteiger partial charge in [0.25, 0.3) is 0 Å². The van der Waals surface area contributed by atoms with Crippen LogP contribution in [0.4, 0.5) is 0 Å². The highest BCUT2D eigenvalue weighted by Gasteiger charge is 2.31. The van der Waals surface area contributed by atoms with Crippen molar-refractivity contribution in [3.8, 4) is 0 Å². The standard InChI is InChI=1S/C16H31N5O3S/c1-4-15(22)20-10-8-13(12-20)19-16(17-5-2)18-11-14-7-6-9-21(14)25(3,23)24/h13-14H,4-12H2,1-3H3,(H2,17,18,19)/t13?,14-/m1/s1. The van der Waals surface area contributed by atoms with Gasteiger partial charge in [0.05, 0.1) is 12.8 Å². The van der Waals surface area contributed by atoms with Gasteiger partial charge in [-0.1, -0.05) is 6.92 Å². The Labute approximate surface area is 151 Å². The molecule has 0 aromatic rings. The lowest BCUT2D eigenvalue weighted by atomic mass is 10.2. The maximum Gasteiger partial charge on any atom is 0.222 e. The SMILES string of the molecule is CCNC(=NC[C@H]1CCCN1S(C)(=O)=O)NC1CCN(C(=O)CC)C1. The van der Waals surface area contributed by atoms with E-state index in [9.17, 15) is 13.2 Å². The number of aliphatic imine (C=N–C) groups is 1. The zero-order valence-corrected chi connectivity index (χ0v) is 16.3. The Balaban J connectivity index is 1.94. The molecule has 2 N–H and O–H groups in total. The Morgan fingerprint density at radius 2 is 2.00 bits per heavy atom. The second-order valence-corrected chi connectivity index (χ2v) is 8.65. The molecule has 2 fully saturated rings. The molecule has 0 bridgehead atoms. The van der Waals surface area contributed by atoms with Gasteiger partial charge in [0.1, 0.15) is 0 Å². The summed E-state index contributed by atoms with van der Waals surface area (Å²) in [5.41, 5.74) is 0. The molecule has 2 heterocycles. The van der Waals surface area contributed by atoms with Crippen molar-refractivity contribution in [2.24, 2.45) is 4.99 Å². The molecule has 0 aliphatic carbocycles. The number of sulfonamides is 1. The van der Waals surface area contributed by atoms with Gasteiger partial charge in [-0.2, -0.15) is 4.31 Å². The fourth-order valence-electron chi connectivity index (χ4n) is 3.47. The average Bonchev–Trinajstić information content (AvgIpc) is 3.20. The summed E-state index contributed by atoms with van der Waals surface area (Å²) < 4.78 is 25.2. The first-order valence-electron chi connectivity index (χ1n) is 9.14. The lowest BCUT2D eigenvalue weighted by Gasteiger charge is -2.22. The Bertz CT molecular complexity index is 593. The fourth-order valence-corrected chi connectivity index (χ4v) is 4.64. The highest BCUT2D eigenvalue weighted by Crippen LogP contribution is 2.20. The summed E-state index contributed by atoms with van der Waals surface area (Å²) in [4.78, 5) is 18.3. The maximum atomic E-state index is 11.8. The molecule has 1 amide bonds. The van der Waals surface area contributed by atoms with Crippen molar-refractivity contribution in [2.45, 2.75) is 51.6 Å². The van der Waals surface area contributed by atoms with Crippen LogP contribution in [-0.4, -0.2) is 80.6 Å². The zero-order chi connectivity index (χ0) is 18.4. The minimum atomic E-state index is -3.17. The molecule has 2 saturated heterocycles. The summed E-state index contributed by atoms with van der Waals surface area (Å²) in [7, 11) is -3.17. The Hall–Kier alpha value is -1.35. The summed E-state index contributed by atoms with van der Waals surface area (Å²) in [5.74, 6) is 0.875. The van der Waals surface area contributed by atoms with Crippen LogP contribution in [0.5, 0.6) is 0 Å². The van der Waals surface area contributed by atoms with Gasteiger partial charge in [0, 0.05) is 44.7 Å². The molecule has 144 valence electrons. The van der Waals surface area contributed by atoms with Crippen LogP contribution in [0.25, 0.3) is 0 Å². The molecule has 8 nitrogen and oxygen atoms in total. The quantitative estimate of drug-likeness (QED) is 0.504. The van der Waals surface area contributed by atoms with Gasteiger partial charge < -0.3 is 15.5 Å². The second kappa shape index (κ2) is 8.84. The smallest absolute Gasteiger partial charge is 0.222 e. The van der Waals surface area contributed by atoms with E-state index >= 15 is 0 Å². The number of carbonyl (C=O) groups is 1. The van der Waals surface area contributed by atoms with Crippen molar-refractivity contribution in [1.82, 2.24) is 19.8 Å². The topological polar surface area (TPSA) is 94.1 Å². The van der Waals surface area contributed by atoms with Crippen molar-refractivity contribution in [2.75, 3.05) is 39.0 Å². The summed E-state index contributed by atoms with van der Waals surface area (Å²) in [6.07, 6.45) is 4.42. The van der Waals surface area contributed by atoms with Gasteiger partial charge in [-0.25, -0.2) is 8.42 Å². The van der Waals surface area contributed by atoms with Gasteiger partial charge in [0.2, 0.25) is 15.9 Å². The number of nitrogens with one attached hydrogen (secondary N) is 2. The molecule has 0 aromatic carbocycles. The van der Waals surface area contributed by atoms with E-state index in [1.54, 1.807) is 4.31 Å². The van der Waals surface area contributed by atoms with Crippen LogP contribution in [0.15, 0.2) is 4.99 Å². The highest BCUT2D eigenvalue weighted by atomic mass is 32.2.